The third-order valence-electron chi connectivity index (χ3n) is 5.05. The Kier molecular flexibility index (Phi) is 4.69. The topological polar surface area (TPSA) is 52.0 Å². The molecule has 0 radical (unpaired) electrons. The van der Waals surface area contributed by atoms with Gasteiger partial charge in [0.2, 0.25) is 0 Å². The van der Waals surface area contributed by atoms with Crippen molar-refractivity contribution in [3.63, 3.8) is 0 Å². The molecule has 0 amide bonds. The standard InChI is InChI=1S/C23H20N2O2S/c1-14-9-10-18(15(2)11-14)19-12-28-22-20(19)23(27)25(13-24-22)16(3)21(26)17-7-5-4-6-8-17/h4-13,16H,1-3H3/t16-/m0/s1. The number of ketones is 1. The van der Waals surface area contributed by atoms with Crippen molar-refractivity contribution in [3.8, 4) is 11.1 Å². The first-order valence-corrected chi connectivity index (χ1v) is 10.0. The minimum Gasteiger partial charge on any atom is -0.292 e. The average molecular weight is 388 g/mol. The number of fused-ring (bicyclic) bond motifs is 1. The van der Waals surface area contributed by atoms with Crippen LogP contribution in [0.1, 0.15) is 34.5 Å². The van der Waals surface area contributed by atoms with Gasteiger partial charge in [-0.3, -0.25) is 14.2 Å². The molecule has 2 heterocycles. The number of Topliss-reactive ketones (excluding diaryl/α,β-unsaturated/α-hetero) is 1. The molecule has 2 aromatic heterocycles. The van der Waals surface area contributed by atoms with Crippen LogP contribution in [0.5, 0.6) is 0 Å². The lowest BCUT2D eigenvalue weighted by Gasteiger charge is -2.14. The maximum Gasteiger partial charge on any atom is 0.263 e. The van der Waals surface area contributed by atoms with Crippen LogP contribution >= 0.6 is 11.3 Å². The Morgan fingerprint density at radius 3 is 2.54 bits per heavy atom. The SMILES string of the molecule is Cc1ccc(-c2csc3ncn([C@@H](C)C(=O)c4ccccc4)c(=O)c23)c(C)c1. The fraction of sp³-hybridized carbons (Fsp3) is 0.174. The van der Waals surface area contributed by atoms with Gasteiger partial charge in [-0.05, 0) is 31.9 Å². The summed E-state index contributed by atoms with van der Waals surface area (Å²) in [6.45, 7) is 5.84. The Bertz CT molecular complexity index is 1240. The largest absolute Gasteiger partial charge is 0.292 e. The summed E-state index contributed by atoms with van der Waals surface area (Å²) in [4.78, 5) is 31.3. The third kappa shape index (κ3) is 3.08. The molecule has 5 heteroatoms. The lowest BCUT2D eigenvalue weighted by molar-refractivity contribution is 0.0932. The van der Waals surface area contributed by atoms with Crippen LogP contribution in [0.4, 0.5) is 0 Å². The maximum atomic E-state index is 13.3. The highest BCUT2D eigenvalue weighted by Crippen LogP contribution is 2.33. The molecule has 4 nitrogen and oxygen atoms in total. The van der Waals surface area contributed by atoms with Gasteiger partial charge >= 0.3 is 0 Å². The zero-order chi connectivity index (χ0) is 19.8. The molecule has 0 bridgehead atoms. The van der Waals surface area contributed by atoms with Crippen LogP contribution in [-0.4, -0.2) is 15.3 Å². The second-order valence-electron chi connectivity index (χ2n) is 7.01. The molecule has 2 aromatic carbocycles. The van der Waals surface area contributed by atoms with E-state index in [0.717, 1.165) is 16.7 Å². The van der Waals surface area contributed by atoms with E-state index in [9.17, 15) is 9.59 Å². The van der Waals surface area contributed by atoms with Crippen LogP contribution in [0.2, 0.25) is 0 Å². The van der Waals surface area contributed by atoms with Gasteiger partial charge in [0, 0.05) is 16.5 Å². The molecule has 0 aliphatic rings. The van der Waals surface area contributed by atoms with Crippen LogP contribution < -0.4 is 5.56 Å². The Balaban J connectivity index is 1.85. The predicted octanol–water partition coefficient (Wildman–Crippen LogP) is 5.19. The predicted molar refractivity (Wildman–Crippen MR) is 114 cm³/mol. The van der Waals surface area contributed by atoms with Crippen molar-refractivity contribution in [1.82, 2.24) is 9.55 Å². The van der Waals surface area contributed by atoms with Gasteiger partial charge in [0.1, 0.15) is 4.83 Å². The van der Waals surface area contributed by atoms with Gasteiger partial charge in [-0.15, -0.1) is 11.3 Å². The second-order valence-corrected chi connectivity index (χ2v) is 7.87. The van der Waals surface area contributed by atoms with E-state index < -0.39 is 6.04 Å². The number of benzene rings is 2. The van der Waals surface area contributed by atoms with E-state index in [4.69, 9.17) is 0 Å². The molecule has 0 aliphatic heterocycles. The van der Waals surface area contributed by atoms with Gasteiger partial charge in [-0.25, -0.2) is 4.98 Å². The van der Waals surface area contributed by atoms with E-state index >= 15 is 0 Å². The summed E-state index contributed by atoms with van der Waals surface area (Å²) in [7, 11) is 0. The highest BCUT2D eigenvalue weighted by molar-refractivity contribution is 7.17. The zero-order valence-corrected chi connectivity index (χ0v) is 16.8. The Morgan fingerprint density at radius 1 is 1.07 bits per heavy atom. The summed E-state index contributed by atoms with van der Waals surface area (Å²) >= 11 is 1.45. The van der Waals surface area contributed by atoms with Crippen LogP contribution in [0.15, 0.2) is 65.0 Å². The number of carbonyl (C=O) groups excluding carboxylic acids is 1. The number of nitrogens with zero attached hydrogens (tertiary/aromatic N) is 2. The van der Waals surface area contributed by atoms with Gasteiger partial charge in [0.25, 0.3) is 5.56 Å². The summed E-state index contributed by atoms with van der Waals surface area (Å²) in [5.41, 5.74) is 4.60. The van der Waals surface area contributed by atoms with E-state index in [0.29, 0.717) is 15.8 Å². The van der Waals surface area contributed by atoms with E-state index in [1.54, 1.807) is 19.1 Å². The lowest BCUT2D eigenvalue weighted by Crippen LogP contribution is -2.28. The zero-order valence-electron chi connectivity index (χ0n) is 16.0. The first kappa shape index (κ1) is 18.3. The van der Waals surface area contributed by atoms with Gasteiger partial charge in [0.15, 0.2) is 5.78 Å². The van der Waals surface area contributed by atoms with Gasteiger partial charge < -0.3 is 0 Å². The molecule has 4 rings (SSSR count). The Labute approximate surface area is 167 Å². The van der Waals surface area contributed by atoms with Crippen LogP contribution in [-0.2, 0) is 0 Å². The molecule has 0 spiro atoms. The molecule has 0 fully saturated rings. The van der Waals surface area contributed by atoms with E-state index in [1.807, 2.05) is 49.6 Å². The maximum absolute atomic E-state index is 13.3. The van der Waals surface area contributed by atoms with E-state index in [1.165, 1.54) is 27.8 Å². The number of aromatic nitrogens is 2. The molecule has 140 valence electrons. The normalized spacial score (nSPS) is 12.2. The molecule has 0 saturated heterocycles. The fourth-order valence-corrected chi connectivity index (χ4v) is 4.40. The number of rotatable bonds is 4. The molecule has 1 atom stereocenters. The molecule has 28 heavy (non-hydrogen) atoms. The fourth-order valence-electron chi connectivity index (χ4n) is 3.51. The van der Waals surface area contributed by atoms with Gasteiger partial charge in [-0.1, -0.05) is 54.1 Å². The summed E-state index contributed by atoms with van der Waals surface area (Å²) < 4.78 is 1.44. The lowest BCUT2D eigenvalue weighted by atomic mass is 9.99. The van der Waals surface area contributed by atoms with Gasteiger partial charge in [-0.2, -0.15) is 0 Å². The van der Waals surface area contributed by atoms with Crippen LogP contribution in [0.25, 0.3) is 21.3 Å². The quantitative estimate of drug-likeness (QED) is 0.452. The number of aryl methyl sites for hydroxylation is 2. The van der Waals surface area contributed by atoms with Crippen molar-refractivity contribution in [3.05, 3.63) is 87.3 Å². The van der Waals surface area contributed by atoms with Crippen molar-refractivity contribution in [1.29, 1.82) is 0 Å². The number of thiophene rings is 1. The third-order valence-corrected chi connectivity index (χ3v) is 5.93. The van der Waals surface area contributed by atoms with Crippen molar-refractivity contribution in [2.75, 3.05) is 0 Å². The first-order chi connectivity index (χ1) is 13.5. The Hall–Kier alpha value is -3.05. The van der Waals surface area contributed by atoms with Gasteiger partial charge in [0.05, 0.1) is 17.8 Å². The summed E-state index contributed by atoms with van der Waals surface area (Å²) in [5, 5.41) is 2.55. The molecule has 0 saturated carbocycles. The molecule has 0 N–H and O–H groups in total. The number of hydrogen-bond donors (Lipinski definition) is 0. The second kappa shape index (κ2) is 7.17. The van der Waals surface area contributed by atoms with Crippen LogP contribution in [0, 0.1) is 13.8 Å². The van der Waals surface area contributed by atoms with E-state index in [2.05, 4.69) is 11.1 Å². The molecule has 0 unspecified atom stereocenters. The minimum absolute atomic E-state index is 0.104. The van der Waals surface area contributed by atoms with Crippen LogP contribution in [0.3, 0.4) is 0 Å². The summed E-state index contributed by atoms with van der Waals surface area (Å²) in [6, 6.07) is 14.6. The smallest absolute Gasteiger partial charge is 0.263 e. The number of carbonyl (C=O) groups is 1. The monoisotopic (exact) mass is 388 g/mol. The molecular weight excluding hydrogens is 368 g/mol. The summed E-state index contributed by atoms with van der Waals surface area (Å²) in [5.74, 6) is -0.104. The van der Waals surface area contributed by atoms with Crippen molar-refractivity contribution >= 4 is 27.3 Å². The van der Waals surface area contributed by atoms with Crippen molar-refractivity contribution < 1.29 is 4.79 Å². The Morgan fingerprint density at radius 2 is 1.82 bits per heavy atom. The van der Waals surface area contributed by atoms with E-state index in [-0.39, 0.29) is 11.3 Å². The highest BCUT2D eigenvalue weighted by atomic mass is 32.1. The minimum atomic E-state index is -0.626. The molecule has 0 aliphatic carbocycles. The summed E-state index contributed by atoms with van der Waals surface area (Å²) in [6.07, 6.45) is 1.48. The van der Waals surface area contributed by atoms with Crippen molar-refractivity contribution in [2.45, 2.75) is 26.8 Å². The molecular formula is C23H20N2O2S. The van der Waals surface area contributed by atoms with Crippen molar-refractivity contribution in [2.24, 2.45) is 0 Å². The highest BCUT2D eigenvalue weighted by Gasteiger charge is 2.21. The average Bonchev–Trinajstić information content (AvgIpc) is 3.12. The first-order valence-electron chi connectivity index (χ1n) is 9.12. The number of hydrogen-bond acceptors (Lipinski definition) is 4. The molecule has 4 aromatic rings.